The predicted octanol–water partition coefficient (Wildman–Crippen LogP) is 3.48. The molecule has 0 aliphatic carbocycles. The van der Waals surface area contributed by atoms with Gasteiger partial charge in [0.2, 0.25) is 0 Å². The van der Waals surface area contributed by atoms with E-state index in [1.807, 2.05) is 19.1 Å². The second kappa shape index (κ2) is 6.01. The average molecular weight is 262 g/mol. The quantitative estimate of drug-likeness (QED) is 0.851. The number of hydrogen-bond donors (Lipinski definition) is 1. The monoisotopic (exact) mass is 261 g/mol. The lowest BCUT2D eigenvalue weighted by atomic mass is 9.91. The first-order valence-electron chi connectivity index (χ1n) is 5.65. The number of ether oxygens (including phenoxy) is 1. The summed E-state index contributed by atoms with van der Waals surface area (Å²) >= 11 is 7.49. The highest BCUT2D eigenvalue weighted by Gasteiger charge is 2.30. The SMILES string of the molecule is CCOC(C)(CC)C(N)Cc1ccc(Cl)s1. The third-order valence-corrected chi connectivity index (χ3v) is 4.26. The van der Waals surface area contributed by atoms with E-state index in [-0.39, 0.29) is 11.6 Å². The van der Waals surface area contributed by atoms with Gasteiger partial charge in [0.1, 0.15) is 0 Å². The van der Waals surface area contributed by atoms with E-state index in [9.17, 15) is 0 Å². The summed E-state index contributed by atoms with van der Waals surface area (Å²) in [6.45, 7) is 6.89. The van der Waals surface area contributed by atoms with Crippen molar-refractivity contribution in [1.82, 2.24) is 0 Å². The minimum atomic E-state index is -0.245. The number of thiophene rings is 1. The molecule has 0 aliphatic rings. The molecule has 1 aromatic heterocycles. The third kappa shape index (κ3) is 3.45. The normalized spacial score (nSPS) is 17.1. The van der Waals surface area contributed by atoms with Crippen LogP contribution in [0.3, 0.4) is 0 Å². The lowest BCUT2D eigenvalue weighted by Gasteiger charge is -2.34. The highest BCUT2D eigenvalue weighted by atomic mass is 35.5. The van der Waals surface area contributed by atoms with Crippen LogP contribution in [0.25, 0.3) is 0 Å². The molecule has 92 valence electrons. The second-order valence-electron chi connectivity index (χ2n) is 4.12. The van der Waals surface area contributed by atoms with Gasteiger partial charge < -0.3 is 10.5 Å². The van der Waals surface area contributed by atoms with Gasteiger partial charge in [0, 0.05) is 17.5 Å². The zero-order valence-electron chi connectivity index (χ0n) is 10.1. The molecule has 0 bridgehead atoms. The molecule has 2 nitrogen and oxygen atoms in total. The van der Waals surface area contributed by atoms with Crippen LogP contribution in [0.5, 0.6) is 0 Å². The average Bonchev–Trinajstić information content (AvgIpc) is 2.64. The molecule has 0 aromatic carbocycles. The first-order valence-corrected chi connectivity index (χ1v) is 6.85. The molecular weight excluding hydrogens is 242 g/mol. The molecule has 0 radical (unpaired) electrons. The van der Waals surface area contributed by atoms with E-state index in [4.69, 9.17) is 22.1 Å². The maximum absolute atomic E-state index is 6.23. The standard InChI is InChI=1S/C12H20ClNOS/c1-4-12(3,15-5-2)10(14)8-9-6-7-11(13)16-9/h6-7,10H,4-5,8,14H2,1-3H3. The van der Waals surface area contributed by atoms with Gasteiger partial charge in [0.15, 0.2) is 0 Å². The van der Waals surface area contributed by atoms with Crippen molar-refractivity contribution in [3.05, 3.63) is 21.3 Å². The molecule has 0 fully saturated rings. The maximum atomic E-state index is 6.23. The second-order valence-corrected chi connectivity index (χ2v) is 5.92. The molecule has 0 saturated heterocycles. The molecule has 0 saturated carbocycles. The van der Waals surface area contributed by atoms with Crippen LogP contribution in [-0.4, -0.2) is 18.2 Å². The van der Waals surface area contributed by atoms with Crippen LogP contribution < -0.4 is 5.73 Å². The van der Waals surface area contributed by atoms with Crippen molar-refractivity contribution in [3.8, 4) is 0 Å². The Balaban J connectivity index is 2.65. The zero-order valence-corrected chi connectivity index (χ0v) is 11.7. The van der Waals surface area contributed by atoms with Crippen molar-refractivity contribution < 1.29 is 4.74 Å². The summed E-state index contributed by atoms with van der Waals surface area (Å²) in [6, 6.07) is 3.96. The molecule has 16 heavy (non-hydrogen) atoms. The molecule has 0 spiro atoms. The van der Waals surface area contributed by atoms with Crippen LogP contribution in [0, 0.1) is 0 Å². The van der Waals surface area contributed by atoms with Crippen LogP contribution in [-0.2, 0) is 11.2 Å². The summed E-state index contributed by atoms with van der Waals surface area (Å²) in [4.78, 5) is 1.22. The van der Waals surface area contributed by atoms with Gasteiger partial charge in [-0.25, -0.2) is 0 Å². The topological polar surface area (TPSA) is 35.2 Å². The minimum Gasteiger partial charge on any atom is -0.374 e. The van der Waals surface area contributed by atoms with Gasteiger partial charge in [0.05, 0.1) is 9.94 Å². The van der Waals surface area contributed by atoms with E-state index in [2.05, 4.69) is 13.8 Å². The van der Waals surface area contributed by atoms with Crippen molar-refractivity contribution >= 4 is 22.9 Å². The number of rotatable bonds is 6. The van der Waals surface area contributed by atoms with Crippen molar-refractivity contribution in [3.63, 3.8) is 0 Å². The molecule has 1 aromatic rings. The fourth-order valence-electron chi connectivity index (χ4n) is 1.70. The van der Waals surface area contributed by atoms with Crippen LogP contribution in [0.2, 0.25) is 4.34 Å². The summed E-state index contributed by atoms with van der Waals surface area (Å²) < 4.78 is 6.58. The van der Waals surface area contributed by atoms with Crippen molar-refractivity contribution in [2.24, 2.45) is 5.73 Å². The smallest absolute Gasteiger partial charge is 0.0931 e. The summed E-state index contributed by atoms with van der Waals surface area (Å²) in [5.74, 6) is 0. The molecule has 2 N–H and O–H groups in total. The minimum absolute atomic E-state index is 0.00664. The van der Waals surface area contributed by atoms with Crippen LogP contribution in [0.15, 0.2) is 12.1 Å². The number of halogens is 1. The lowest BCUT2D eigenvalue weighted by molar-refractivity contribution is -0.0459. The summed E-state index contributed by atoms with van der Waals surface area (Å²) in [6.07, 6.45) is 1.74. The summed E-state index contributed by atoms with van der Waals surface area (Å²) in [5, 5.41) is 0. The Labute approximate surface area is 107 Å². The van der Waals surface area contributed by atoms with Crippen molar-refractivity contribution in [2.75, 3.05) is 6.61 Å². The predicted molar refractivity (Wildman–Crippen MR) is 71.3 cm³/mol. The van der Waals surface area contributed by atoms with Gasteiger partial charge in [-0.1, -0.05) is 18.5 Å². The van der Waals surface area contributed by atoms with Gasteiger partial charge in [0.25, 0.3) is 0 Å². The molecular formula is C12H20ClNOS. The highest BCUT2D eigenvalue weighted by molar-refractivity contribution is 7.16. The Morgan fingerprint density at radius 3 is 2.62 bits per heavy atom. The van der Waals surface area contributed by atoms with Gasteiger partial charge >= 0.3 is 0 Å². The molecule has 4 heteroatoms. The Kier molecular flexibility index (Phi) is 5.25. The number of hydrogen-bond acceptors (Lipinski definition) is 3. The first-order chi connectivity index (χ1) is 7.51. The van der Waals surface area contributed by atoms with Gasteiger partial charge in [-0.2, -0.15) is 0 Å². The fourth-order valence-corrected chi connectivity index (χ4v) is 2.84. The molecule has 2 atom stereocenters. The number of nitrogens with two attached hydrogens (primary N) is 1. The van der Waals surface area contributed by atoms with Gasteiger partial charge in [-0.3, -0.25) is 0 Å². The largest absolute Gasteiger partial charge is 0.374 e. The highest BCUT2D eigenvalue weighted by Crippen LogP contribution is 2.26. The van der Waals surface area contributed by atoms with E-state index >= 15 is 0 Å². The zero-order chi connectivity index (χ0) is 12.2. The van der Waals surface area contributed by atoms with Gasteiger partial charge in [-0.05, 0) is 38.8 Å². The van der Waals surface area contributed by atoms with E-state index in [0.29, 0.717) is 6.61 Å². The Bertz CT molecular complexity index is 329. The van der Waals surface area contributed by atoms with Crippen LogP contribution in [0.1, 0.15) is 32.1 Å². The maximum Gasteiger partial charge on any atom is 0.0931 e. The van der Waals surface area contributed by atoms with Crippen LogP contribution in [0.4, 0.5) is 0 Å². The molecule has 1 heterocycles. The lowest BCUT2D eigenvalue weighted by Crippen LogP contribution is -2.48. The molecule has 2 unspecified atom stereocenters. The summed E-state index contributed by atoms with van der Waals surface area (Å²) in [7, 11) is 0. The van der Waals surface area contributed by atoms with E-state index < -0.39 is 0 Å². The third-order valence-electron chi connectivity index (χ3n) is 3.01. The molecule has 1 rings (SSSR count). The Morgan fingerprint density at radius 2 is 2.19 bits per heavy atom. The van der Waals surface area contributed by atoms with E-state index in [1.54, 1.807) is 11.3 Å². The fraction of sp³-hybridized carbons (Fsp3) is 0.667. The van der Waals surface area contributed by atoms with Crippen molar-refractivity contribution in [2.45, 2.75) is 45.3 Å². The first kappa shape index (κ1) is 14.0. The molecule has 0 amide bonds. The van der Waals surface area contributed by atoms with Crippen LogP contribution >= 0.6 is 22.9 Å². The van der Waals surface area contributed by atoms with Crippen molar-refractivity contribution in [1.29, 1.82) is 0 Å². The Morgan fingerprint density at radius 1 is 1.50 bits per heavy atom. The Hall–Kier alpha value is -0.0900. The molecule has 0 aliphatic heterocycles. The van der Waals surface area contributed by atoms with E-state index in [0.717, 1.165) is 17.2 Å². The van der Waals surface area contributed by atoms with Gasteiger partial charge in [-0.15, -0.1) is 11.3 Å². The summed E-state index contributed by atoms with van der Waals surface area (Å²) in [5.41, 5.74) is 5.98. The van der Waals surface area contributed by atoms with E-state index in [1.165, 1.54) is 4.88 Å².